The van der Waals surface area contributed by atoms with Gasteiger partial charge in [0.05, 0.1) is 11.6 Å². The summed E-state index contributed by atoms with van der Waals surface area (Å²) in [5.41, 5.74) is 1.97. The highest BCUT2D eigenvalue weighted by Gasteiger charge is 2.31. The predicted molar refractivity (Wildman–Crippen MR) is 92.3 cm³/mol. The summed E-state index contributed by atoms with van der Waals surface area (Å²) in [6.07, 6.45) is 4.67. The minimum absolute atomic E-state index is 0.0878. The van der Waals surface area contributed by atoms with Gasteiger partial charge in [0, 0.05) is 30.6 Å². The molecule has 0 saturated carbocycles. The largest absolute Gasteiger partial charge is 0.388 e. The molecule has 1 rings (SSSR count). The van der Waals surface area contributed by atoms with E-state index >= 15 is 0 Å². The Labute approximate surface area is 133 Å². The van der Waals surface area contributed by atoms with Gasteiger partial charge in [-0.2, -0.15) is 0 Å². The quantitative estimate of drug-likeness (QED) is 0.367. The lowest BCUT2D eigenvalue weighted by Gasteiger charge is -2.24. The van der Waals surface area contributed by atoms with E-state index in [-0.39, 0.29) is 18.0 Å². The monoisotopic (exact) mass is 297 g/mol. The Balaban J connectivity index is 3.03. The van der Waals surface area contributed by atoms with E-state index in [1.165, 1.54) is 6.08 Å². The maximum Gasteiger partial charge on any atom is 0.247 e. The molecule has 116 valence electrons. The lowest BCUT2D eigenvalue weighted by molar-refractivity contribution is -0.127. The number of likely N-dealkylation sites (tertiary alicyclic amines) is 1. The average molecular weight is 297 g/mol. The summed E-state index contributed by atoms with van der Waals surface area (Å²) in [7, 11) is 1.77. The molecule has 0 aromatic heterocycles. The van der Waals surface area contributed by atoms with Gasteiger partial charge in [-0.1, -0.05) is 31.6 Å². The minimum Gasteiger partial charge on any atom is -0.388 e. The molecule has 4 nitrogen and oxygen atoms in total. The van der Waals surface area contributed by atoms with Crippen LogP contribution in [-0.4, -0.2) is 36.7 Å². The normalized spacial score (nSPS) is 20.6. The number of hydrogen-bond acceptors (Lipinski definition) is 3. The molecule has 1 N–H and O–H groups in total. The van der Waals surface area contributed by atoms with Crippen molar-refractivity contribution in [1.82, 2.24) is 10.2 Å². The van der Waals surface area contributed by atoms with Gasteiger partial charge in [-0.05, 0) is 32.6 Å². The smallest absolute Gasteiger partial charge is 0.247 e. The summed E-state index contributed by atoms with van der Waals surface area (Å²) in [5.74, 6) is 6.11. The predicted octanol–water partition coefficient (Wildman–Crippen LogP) is 2.43. The molecule has 0 aliphatic carbocycles. The summed E-state index contributed by atoms with van der Waals surface area (Å²) in [6, 6.07) is 0.0506. The van der Waals surface area contributed by atoms with E-state index < -0.39 is 0 Å². The molecule has 0 bridgehead atoms. The molecule has 1 heterocycles. The summed E-state index contributed by atoms with van der Waals surface area (Å²) in [5, 5.41) is 2.93. The fraction of sp³-hybridized carbons (Fsp3) is 0.333. The van der Waals surface area contributed by atoms with Gasteiger partial charge < -0.3 is 10.2 Å². The molecular formula is C18H23N3O. The molecule has 0 aromatic rings. The van der Waals surface area contributed by atoms with Crippen LogP contribution in [0.2, 0.25) is 0 Å². The van der Waals surface area contributed by atoms with Gasteiger partial charge in [-0.25, -0.2) is 0 Å². The van der Waals surface area contributed by atoms with Crippen molar-refractivity contribution in [2.24, 2.45) is 4.99 Å². The van der Waals surface area contributed by atoms with Gasteiger partial charge >= 0.3 is 0 Å². The number of nitrogens with one attached hydrogen (secondary N) is 1. The van der Waals surface area contributed by atoms with Crippen LogP contribution >= 0.6 is 0 Å². The van der Waals surface area contributed by atoms with Crippen molar-refractivity contribution in [2.75, 3.05) is 7.05 Å². The van der Waals surface area contributed by atoms with Crippen molar-refractivity contribution in [3.63, 3.8) is 0 Å². The van der Waals surface area contributed by atoms with Crippen molar-refractivity contribution < 1.29 is 4.79 Å². The van der Waals surface area contributed by atoms with Crippen LogP contribution in [0.15, 0.2) is 53.8 Å². The number of amides is 1. The van der Waals surface area contributed by atoms with E-state index in [9.17, 15) is 4.79 Å². The van der Waals surface area contributed by atoms with E-state index in [0.717, 1.165) is 12.8 Å². The topological polar surface area (TPSA) is 44.7 Å². The van der Waals surface area contributed by atoms with Crippen LogP contribution in [0.4, 0.5) is 0 Å². The van der Waals surface area contributed by atoms with Gasteiger partial charge in [-0.3, -0.25) is 9.79 Å². The zero-order valence-electron chi connectivity index (χ0n) is 13.4. The van der Waals surface area contributed by atoms with Crippen LogP contribution in [-0.2, 0) is 4.79 Å². The molecule has 0 aromatic carbocycles. The maximum atomic E-state index is 11.9. The fourth-order valence-electron chi connectivity index (χ4n) is 2.35. The van der Waals surface area contributed by atoms with Gasteiger partial charge in [-0.15, -0.1) is 0 Å². The van der Waals surface area contributed by atoms with E-state index in [0.29, 0.717) is 16.8 Å². The summed E-state index contributed by atoms with van der Waals surface area (Å²) in [6.45, 7) is 16.9. The molecule has 0 radical (unpaired) electrons. The molecule has 2 atom stereocenters. The number of nitrogens with zero attached hydrogens (tertiary/aromatic N) is 2. The lowest BCUT2D eigenvalue weighted by atomic mass is 10.1. The molecule has 22 heavy (non-hydrogen) atoms. The molecule has 1 aliphatic heterocycles. The Kier molecular flexibility index (Phi) is 6.40. The van der Waals surface area contributed by atoms with Gasteiger partial charge in [0.2, 0.25) is 5.91 Å². The number of likely N-dealkylation sites (N-methyl/N-ethyl adjacent to an activating group) is 1. The van der Waals surface area contributed by atoms with E-state index in [1.54, 1.807) is 18.1 Å². The molecule has 1 fully saturated rings. The highest BCUT2D eigenvalue weighted by atomic mass is 16.2. The van der Waals surface area contributed by atoms with Crippen LogP contribution < -0.4 is 5.32 Å². The molecular weight excluding hydrogens is 274 g/mol. The zero-order valence-corrected chi connectivity index (χ0v) is 13.4. The van der Waals surface area contributed by atoms with Crippen LogP contribution in [0.25, 0.3) is 0 Å². The van der Waals surface area contributed by atoms with Crippen LogP contribution in [0.1, 0.15) is 19.8 Å². The van der Waals surface area contributed by atoms with Crippen LogP contribution in [0.3, 0.4) is 0 Å². The third-order valence-corrected chi connectivity index (χ3v) is 3.68. The van der Waals surface area contributed by atoms with Crippen LogP contribution in [0, 0.1) is 11.8 Å². The van der Waals surface area contributed by atoms with Crippen molar-refractivity contribution in [3.8, 4) is 11.8 Å². The second-order valence-corrected chi connectivity index (χ2v) is 5.09. The zero-order chi connectivity index (χ0) is 16.7. The SMILES string of the molecule is C=CC(=O)N1C(C)CCC1C#C/C(=C/N=C)C(=C)C(=C)NC. The third kappa shape index (κ3) is 3.98. The average Bonchev–Trinajstić information content (AvgIpc) is 2.89. The number of carbonyl (C=O) groups is 1. The van der Waals surface area contributed by atoms with Crippen molar-refractivity contribution >= 4 is 12.6 Å². The standard InChI is InChI=1S/C18H23N3O/c1-7-18(22)21-13(2)8-10-17(21)11-9-16(12-19-5)14(3)15(4)20-6/h7,12-13,17,20H,1,3-5,8,10H2,2,6H3/b16-12-. The number of carbonyl (C=O) groups excluding carboxylic acids is 1. The Bertz CT molecular complexity index is 589. The number of allylic oxidation sites excluding steroid dienone is 1. The molecule has 1 aliphatic rings. The molecule has 1 amide bonds. The van der Waals surface area contributed by atoms with Gasteiger partial charge in [0.15, 0.2) is 0 Å². The van der Waals surface area contributed by atoms with Crippen molar-refractivity contribution in [2.45, 2.75) is 31.8 Å². The van der Waals surface area contributed by atoms with Crippen molar-refractivity contribution in [1.29, 1.82) is 0 Å². The number of hydrogen-bond donors (Lipinski definition) is 1. The van der Waals surface area contributed by atoms with E-state index in [4.69, 9.17) is 0 Å². The molecule has 1 saturated heterocycles. The number of aliphatic imine (C=N–C) groups is 1. The van der Waals surface area contributed by atoms with Gasteiger partial charge in [0.25, 0.3) is 0 Å². The summed E-state index contributed by atoms with van der Waals surface area (Å²) < 4.78 is 0. The van der Waals surface area contributed by atoms with Crippen LogP contribution in [0.5, 0.6) is 0 Å². The van der Waals surface area contributed by atoms with Crippen molar-refractivity contribution in [3.05, 3.63) is 48.9 Å². The highest BCUT2D eigenvalue weighted by molar-refractivity contribution is 5.88. The number of rotatable bonds is 5. The second-order valence-electron chi connectivity index (χ2n) is 5.09. The summed E-state index contributed by atoms with van der Waals surface area (Å²) in [4.78, 5) is 17.5. The Hall–Kier alpha value is -2.54. The fourth-order valence-corrected chi connectivity index (χ4v) is 2.35. The van der Waals surface area contributed by atoms with Gasteiger partial charge in [0.1, 0.15) is 0 Å². The van der Waals surface area contributed by atoms with E-state index in [1.807, 2.05) is 6.92 Å². The first kappa shape index (κ1) is 17.5. The maximum absolute atomic E-state index is 11.9. The van der Waals surface area contributed by atoms with E-state index in [2.05, 4.69) is 48.6 Å². The highest BCUT2D eigenvalue weighted by Crippen LogP contribution is 2.24. The Morgan fingerprint density at radius 1 is 1.41 bits per heavy atom. The first-order valence-corrected chi connectivity index (χ1v) is 7.14. The Morgan fingerprint density at radius 3 is 2.64 bits per heavy atom. The molecule has 4 heteroatoms. The first-order chi connectivity index (χ1) is 10.5. The third-order valence-electron chi connectivity index (χ3n) is 3.68. The summed E-state index contributed by atoms with van der Waals surface area (Å²) >= 11 is 0. The molecule has 2 unspecified atom stereocenters. The molecule has 0 spiro atoms. The Morgan fingerprint density at radius 2 is 2.09 bits per heavy atom. The second kappa shape index (κ2) is 8.04. The minimum atomic E-state index is -0.121. The lowest BCUT2D eigenvalue weighted by Crippen LogP contribution is -2.38. The first-order valence-electron chi connectivity index (χ1n) is 7.14.